The molecule has 0 aromatic heterocycles. The number of rotatable bonds is 4. The first-order valence-electron chi connectivity index (χ1n) is 8.51. The van der Waals surface area contributed by atoms with Crippen LogP contribution < -0.4 is 0 Å². The van der Waals surface area contributed by atoms with Crippen LogP contribution >= 0.6 is 23.4 Å². The molecule has 3 rings (SSSR count). The van der Waals surface area contributed by atoms with E-state index in [0.717, 1.165) is 24.5 Å². The number of carbonyl (C=O) groups is 1. The van der Waals surface area contributed by atoms with Crippen molar-refractivity contribution in [2.75, 3.05) is 26.7 Å². The zero-order valence-electron chi connectivity index (χ0n) is 14.6. The Kier molecular flexibility index (Phi) is 6.05. The molecule has 0 saturated carbocycles. The van der Waals surface area contributed by atoms with E-state index < -0.39 is 0 Å². The van der Waals surface area contributed by atoms with Gasteiger partial charge in [-0.15, -0.1) is 11.8 Å². The third kappa shape index (κ3) is 4.57. The quantitative estimate of drug-likeness (QED) is 0.744. The van der Waals surface area contributed by atoms with Crippen LogP contribution in [0.15, 0.2) is 59.5 Å². The summed E-state index contributed by atoms with van der Waals surface area (Å²) in [5, 5.41) is 0.585. The molecule has 3 nitrogen and oxygen atoms in total. The summed E-state index contributed by atoms with van der Waals surface area (Å²) >= 11 is 7.53. The van der Waals surface area contributed by atoms with Crippen molar-refractivity contribution in [1.82, 2.24) is 9.80 Å². The molecule has 0 aliphatic carbocycles. The number of likely N-dealkylation sites (N-methyl/N-ethyl adjacent to an activating group) is 1. The average Bonchev–Trinajstić information content (AvgIpc) is 2.63. The van der Waals surface area contributed by atoms with Crippen molar-refractivity contribution < 1.29 is 4.79 Å². The molecule has 0 N–H and O–H groups in total. The fourth-order valence-electron chi connectivity index (χ4n) is 3.14. The van der Waals surface area contributed by atoms with Crippen LogP contribution in [0.2, 0.25) is 5.02 Å². The first-order valence-corrected chi connectivity index (χ1v) is 9.76. The highest BCUT2D eigenvalue weighted by molar-refractivity contribution is 8.00. The van der Waals surface area contributed by atoms with Gasteiger partial charge in [-0.3, -0.25) is 4.79 Å². The van der Waals surface area contributed by atoms with E-state index in [-0.39, 0.29) is 17.2 Å². The number of hydrogen-bond acceptors (Lipinski definition) is 3. The predicted molar refractivity (Wildman–Crippen MR) is 105 cm³/mol. The van der Waals surface area contributed by atoms with E-state index in [0.29, 0.717) is 5.02 Å². The number of piperazine rings is 1. The molecular weight excluding hydrogens is 352 g/mol. The van der Waals surface area contributed by atoms with Crippen LogP contribution in [-0.4, -0.2) is 47.6 Å². The Morgan fingerprint density at radius 1 is 1.12 bits per heavy atom. The molecule has 2 aromatic carbocycles. The van der Waals surface area contributed by atoms with Gasteiger partial charge in [0, 0.05) is 29.6 Å². The molecule has 0 radical (unpaired) electrons. The normalized spacial score (nSPS) is 19.6. The van der Waals surface area contributed by atoms with E-state index >= 15 is 0 Å². The van der Waals surface area contributed by atoms with Crippen molar-refractivity contribution in [3.8, 4) is 0 Å². The lowest BCUT2D eigenvalue weighted by atomic mass is 10.0. The summed E-state index contributed by atoms with van der Waals surface area (Å²) in [5.41, 5.74) is 1.20. The third-order valence-electron chi connectivity index (χ3n) is 4.53. The van der Waals surface area contributed by atoms with E-state index in [9.17, 15) is 4.79 Å². The summed E-state index contributed by atoms with van der Waals surface area (Å²) in [6.45, 7) is 4.53. The highest BCUT2D eigenvalue weighted by atomic mass is 35.5. The Morgan fingerprint density at radius 2 is 1.80 bits per heavy atom. The van der Waals surface area contributed by atoms with Gasteiger partial charge in [-0.25, -0.2) is 0 Å². The van der Waals surface area contributed by atoms with E-state index in [2.05, 4.69) is 24.1 Å². The SMILES string of the molecule is C[C@H](Sc1ccc(Cl)cc1)C(=O)N1CCN(C)C[C@@H]1c1ccccc1. The van der Waals surface area contributed by atoms with Crippen LogP contribution in [0.4, 0.5) is 0 Å². The zero-order valence-corrected chi connectivity index (χ0v) is 16.1. The number of amides is 1. The smallest absolute Gasteiger partial charge is 0.236 e. The number of benzene rings is 2. The van der Waals surface area contributed by atoms with Crippen molar-refractivity contribution in [2.45, 2.75) is 23.1 Å². The Labute approximate surface area is 159 Å². The number of thioether (sulfide) groups is 1. The summed E-state index contributed by atoms with van der Waals surface area (Å²) in [4.78, 5) is 18.5. The Hall–Kier alpha value is -1.49. The molecule has 2 aromatic rings. The van der Waals surface area contributed by atoms with Crippen LogP contribution in [-0.2, 0) is 4.79 Å². The molecule has 132 valence electrons. The van der Waals surface area contributed by atoms with E-state index in [1.54, 1.807) is 11.8 Å². The average molecular weight is 375 g/mol. The van der Waals surface area contributed by atoms with Crippen LogP contribution in [0.3, 0.4) is 0 Å². The number of carbonyl (C=O) groups excluding carboxylic acids is 1. The maximum absolute atomic E-state index is 13.1. The monoisotopic (exact) mass is 374 g/mol. The second-order valence-corrected chi connectivity index (χ2v) is 8.29. The van der Waals surface area contributed by atoms with Gasteiger partial charge in [0.15, 0.2) is 0 Å². The lowest BCUT2D eigenvalue weighted by molar-refractivity contribution is -0.135. The predicted octanol–water partition coefficient (Wildman–Crippen LogP) is 4.34. The van der Waals surface area contributed by atoms with E-state index in [4.69, 9.17) is 11.6 Å². The second kappa shape index (κ2) is 8.26. The number of halogens is 1. The minimum atomic E-state index is -0.129. The second-order valence-electron chi connectivity index (χ2n) is 6.43. The van der Waals surface area contributed by atoms with Gasteiger partial charge < -0.3 is 9.80 Å². The summed E-state index contributed by atoms with van der Waals surface area (Å²) in [5.74, 6) is 0.196. The lowest BCUT2D eigenvalue weighted by Gasteiger charge is -2.41. The zero-order chi connectivity index (χ0) is 17.8. The minimum Gasteiger partial charge on any atom is -0.332 e. The number of hydrogen-bond donors (Lipinski definition) is 0. The minimum absolute atomic E-state index is 0.112. The molecule has 1 amide bonds. The van der Waals surface area contributed by atoms with Crippen LogP contribution in [0.1, 0.15) is 18.5 Å². The van der Waals surface area contributed by atoms with Gasteiger partial charge in [0.05, 0.1) is 11.3 Å². The van der Waals surface area contributed by atoms with Crippen molar-refractivity contribution >= 4 is 29.3 Å². The van der Waals surface area contributed by atoms with Crippen molar-refractivity contribution in [2.24, 2.45) is 0 Å². The first-order chi connectivity index (χ1) is 12.0. The van der Waals surface area contributed by atoms with Crippen LogP contribution in [0.25, 0.3) is 0 Å². The Morgan fingerprint density at radius 3 is 2.48 bits per heavy atom. The third-order valence-corrected chi connectivity index (χ3v) is 5.88. The van der Waals surface area contributed by atoms with Gasteiger partial charge in [0.1, 0.15) is 0 Å². The highest BCUT2D eigenvalue weighted by Crippen LogP contribution is 2.30. The van der Waals surface area contributed by atoms with Crippen LogP contribution in [0, 0.1) is 0 Å². The molecule has 0 unspecified atom stereocenters. The Bertz CT molecular complexity index is 707. The summed E-state index contributed by atoms with van der Waals surface area (Å²) in [7, 11) is 2.11. The molecule has 1 aliphatic heterocycles. The van der Waals surface area contributed by atoms with Crippen molar-refractivity contribution in [1.29, 1.82) is 0 Å². The van der Waals surface area contributed by atoms with E-state index in [1.807, 2.05) is 54.3 Å². The first kappa shape index (κ1) is 18.3. The Balaban J connectivity index is 1.75. The lowest BCUT2D eigenvalue weighted by Crippen LogP contribution is -2.51. The van der Waals surface area contributed by atoms with Crippen LogP contribution in [0.5, 0.6) is 0 Å². The molecule has 0 spiro atoms. The molecule has 1 heterocycles. The molecule has 1 saturated heterocycles. The molecule has 25 heavy (non-hydrogen) atoms. The topological polar surface area (TPSA) is 23.6 Å². The molecule has 2 atom stereocenters. The van der Waals surface area contributed by atoms with Gasteiger partial charge in [0.25, 0.3) is 0 Å². The molecule has 5 heteroatoms. The van der Waals surface area contributed by atoms with Gasteiger partial charge in [0.2, 0.25) is 5.91 Å². The fraction of sp³-hybridized carbons (Fsp3) is 0.350. The highest BCUT2D eigenvalue weighted by Gasteiger charge is 2.32. The standard InChI is InChI=1S/C20H23ClN2OS/c1-15(25-18-10-8-17(21)9-11-18)20(24)23-13-12-22(2)14-19(23)16-6-4-3-5-7-16/h3-11,15,19H,12-14H2,1-2H3/t15-,19+/m0/s1. The molecular formula is C20H23ClN2OS. The van der Waals surface area contributed by atoms with Gasteiger partial charge >= 0.3 is 0 Å². The maximum atomic E-state index is 13.1. The fourth-order valence-corrected chi connectivity index (χ4v) is 4.21. The van der Waals surface area contributed by atoms with Crippen molar-refractivity contribution in [3.63, 3.8) is 0 Å². The van der Waals surface area contributed by atoms with Gasteiger partial charge in [-0.2, -0.15) is 0 Å². The van der Waals surface area contributed by atoms with Gasteiger partial charge in [-0.1, -0.05) is 41.9 Å². The molecule has 1 aliphatic rings. The number of nitrogens with zero attached hydrogens (tertiary/aromatic N) is 2. The largest absolute Gasteiger partial charge is 0.332 e. The maximum Gasteiger partial charge on any atom is 0.236 e. The van der Waals surface area contributed by atoms with E-state index in [1.165, 1.54) is 5.56 Å². The summed E-state index contributed by atoms with van der Waals surface area (Å²) < 4.78 is 0. The molecule has 0 bridgehead atoms. The summed E-state index contributed by atoms with van der Waals surface area (Å²) in [6.07, 6.45) is 0. The molecule has 1 fully saturated rings. The van der Waals surface area contributed by atoms with Gasteiger partial charge in [-0.05, 0) is 43.8 Å². The van der Waals surface area contributed by atoms with Crippen molar-refractivity contribution in [3.05, 3.63) is 65.2 Å². The summed E-state index contributed by atoms with van der Waals surface area (Å²) in [6, 6.07) is 18.1.